The van der Waals surface area contributed by atoms with Crippen molar-refractivity contribution in [3.8, 4) is 11.3 Å². The topological polar surface area (TPSA) is 173 Å². The first kappa shape index (κ1) is 23.8. The molecule has 2 heterocycles. The SMILES string of the molecule is CNC(=O)Nc1cnc(NCCNc2ccc([N+](=O)[O-])c(N)n2)nc1-c1ccc(Cl)cc1Cl. The lowest BCUT2D eigenvalue weighted by atomic mass is 10.1. The second kappa shape index (κ2) is 10.6. The Labute approximate surface area is 198 Å². The number of urea groups is 1. The summed E-state index contributed by atoms with van der Waals surface area (Å²) in [7, 11) is 1.49. The number of nitro groups is 1. The summed E-state index contributed by atoms with van der Waals surface area (Å²) in [6.45, 7) is 0.775. The zero-order valence-electron chi connectivity index (χ0n) is 17.2. The molecule has 3 rings (SSSR count). The first-order valence-electron chi connectivity index (χ1n) is 9.48. The Kier molecular flexibility index (Phi) is 7.64. The molecule has 33 heavy (non-hydrogen) atoms. The summed E-state index contributed by atoms with van der Waals surface area (Å²) in [6, 6.07) is 7.23. The number of aromatic nitrogens is 3. The van der Waals surface area contributed by atoms with Crippen molar-refractivity contribution in [2.24, 2.45) is 0 Å². The van der Waals surface area contributed by atoms with E-state index >= 15 is 0 Å². The average Bonchev–Trinajstić information content (AvgIpc) is 2.77. The van der Waals surface area contributed by atoms with Crippen molar-refractivity contribution < 1.29 is 9.72 Å². The number of halogens is 2. The van der Waals surface area contributed by atoms with Crippen molar-refractivity contribution in [3.63, 3.8) is 0 Å². The van der Waals surface area contributed by atoms with Gasteiger partial charge in [-0.05, 0) is 24.3 Å². The lowest BCUT2D eigenvalue weighted by Crippen LogP contribution is -2.25. The van der Waals surface area contributed by atoms with Crippen LogP contribution in [-0.2, 0) is 0 Å². The number of hydrogen-bond donors (Lipinski definition) is 5. The molecule has 0 saturated heterocycles. The van der Waals surface area contributed by atoms with Crippen molar-refractivity contribution >= 4 is 58.2 Å². The largest absolute Gasteiger partial charge is 0.378 e. The van der Waals surface area contributed by atoms with E-state index in [4.69, 9.17) is 28.9 Å². The third kappa shape index (κ3) is 6.08. The average molecular weight is 492 g/mol. The Morgan fingerprint density at radius 2 is 1.91 bits per heavy atom. The molecule has 0 fully saturated rings. The van der Waals surface area contributed by atoms with Gasteiger partial charge in [-0.15, -0.1) is 0 Å². The highest BCUT2D eigenvalue weighted by Crippen LogP contribution is 2.34. The number of pyridine rings is 1. The minimum Gasteiger partial charge on any atom is -0.378 e. The maximum atomic E-state index is 11.8. The van der Waals surface area contributed by atoms with Crippen LogP contribution in [0.15, 0.2) is 36.5 Å². The number of carbonyl (C=O) groups is 1. The fraction of sp³-hybridized carbons (Fsp3) is 0.158. The summed E-state index contributed by atoms with van der Waals surface area (Å²) >= 11 is 12.3. The van der Waals surface area contributed by atoms with Gasteiger partial charge < -0.3 is 27.0 Å². The summed E-state index contributed by atoms with van der Waals surface area (Å²) in [5.41, 5.74) is 6.64. The third-order valence-electron chi connectivity index (χ3n) is 4.26. The number of carbonyl (C=O) groups excluding carboxylic acids is 1. The number of anilines is 4. The number of hydrogen-bond acceptors (Lipinski definition) is 9. The molecule has 3 aromatic rings. The van der Waals surface area contributed by atoms with Crippen LogP contribution in [0.4, 0.5) is 33.8 Å². The van der Waals surface area contributed by atoms with Gasteiger partial charge in [0, 0.05) is 36.8 Å². The zero-order chi connectivity index (χ0) is 24.0. The minimum absolute atomic E-state index is 0.176. The molecule has 2 aromatic heterocycles. The van der Waals surface area contributed by atoms with Crippen LogP contribution in [-0.4, -0.2) is 46.0 Å². The van der Waals surface area contributed by atoms with E-state index in [2.05, 4.69) is 36.2 Å². The molecule has 12 nitrogen and oxygen atoms in total. The molecule has 6 N–H and O–H groups in total. The number of nitrogens with two attached hydrogens (primary N) is 1. The van der Waals surface area contributed by atoms with Gasteiger partial charge in [0.2, 0.25) is 11.8 Å². The summed E-state index contributed by atoms with van der Waals surface area (Å²) in [6.07, 6.45) is 1.46. The molecule has 0 spiro atoms. The first-order chi connectivity index (χ1) is 15.8. The van der Waals surface area contributed by atoms with Crippen molar-refractivity contribution in [3.05, 3.63) is 56.7 Å². The lowest BCUT2D eigenvalue weighted by Gasteiger charge is -2.14. The minimum atomic E-state index is -0.599. The maximum absolute atomic E-state index is 11.8. The van der Waals surface area contributed by atoms with E-state index in [9.17, 15) is 14.9 Å². The Bertz CT molecular complexity index is 1190. The van der Waals surface area contributed by atoms with Gasteiger partial charge in [0.25, 0.3) is 0 Å². The van der Waals surface area contributed by atoms with Crippen LogP contribution in [0, 0.1) is 10.1 Å². The highest BCUT2D eigenvalue weighted by atomic mass is 35.5. The number of rotatable bonds is 8. The first-order valence-corrected chi connectivity index (χ1v) is 10.2. The van der Waals surface area contributed by atoms with E-state index in [1.165, 1.54) is 25.4 Å². The van der Waals surface area contributed by atoms with Crippen LogP contribution >= 0.6 is 23.2 Å². The van der Waals surface area contributed by atoms with Crippen molar-refractivity contribution in [1.29, 1.82) is 0 Å². The van der Waals surface area contributed by atoms with Crippen molar-refractivity contribution in [1.82, 2.24) is 20.3 Å². The van der Waals surface area contributed by atoms with Gasteiger partial charge in [0.15, 0.2) is 0 Å². The summed E-state index contributed by atoms with van der Waals surface area (Å²) in [5.74, 6) is 0.501. The zero-order valence-corrected chi connectivity index (χ0v) is 18.7. The molecule has 0 atom stereocenters. The summed E-state index contributed by atoms with van der Waals surface area (Å²) in [5, 5.41) is 22.8. The Hall–Kier alpha value is -3.90. The molecule has 0 aliphatic rings. The molecule has 172 valence electrons. The Morgan fingerprint density at radius 3 is 2.58 bits per heavy atom. The van der Waals surface area contributed by atoms with E-state index in [1.807, 2.05) is 0 Å². The quantitative estimate of drug-likeness (QED) is 0.179. The van der Waals surface area contributed by atoms with Crippen molar-refractivity contribution in [2.75, 3.05) is 41.8 Å². The molecule has 0 aliphatic heterocycles. The lowest BCUT2D eigenvalue weighted by molar-refractivity contribution is -0.384. The summed E-state index contributed by atoms with van der Waals surface area (Å²) < 4.78 is 0. The molecular weight excluding hydrogens is 473 g/mol. The molecular formula is C19H19Cl2N9O3. The van der Waals surface area contributed by atoms with Crippen LogP contribution in [0.3, 0.4) is 0 Å². The standard InChI is InChI=1S/C19H19Cl2N9O3/c1-23-19(31)27-13-9-26-18(29-16(13)11-3-2-10(20)8-12(11)21)25-7-6-24-15-5-4-14(30(32)33)17(22)28-15/h2-5,8-9H,6-7H2,1H3,(H3,22,24,28)(H2,23,27,31)(H,25,26,29). The fourth-order valence-electron chi connectivity index (χ4n) is 2.72. The van der Waals surface area contributed by atoms with E-state index in [0.29, 0.717) is 45.9 Å². The molecule has 0 bridgehead atoms. The second-order valence-electron chi connectivity index (χ2n) is 6.50. The van der Waals surface area contributed by atoms with Crippen LogP contribution in [0.1, 0.15) is 0 Å². The predicted molar refractivity (Wildman–Crippen MR) is 128 cm³/mol. The Morgan fingerprint density at radius 1 is 1.15 bits per heavy atom. The van der Waals surface area contributed by atoms with E-state index in [0.717, 1.165) is 0 Å². The molecule has 14 heteroatoms. The van der Waals surface area contributed by atoms with Crippen LogP contribution < -0.4 is 27.0 Å². The molecule has 0 unspecified atom stereocenters. The predicted octanol–water partition coefficient (Wildman–Crippen LogP) is 3.61. The molecule has 0 saturated carbocycles. The van der Waals surface area contributed by atoms with Gasteiger partial charge in [-0.25, -0.2) is 19.7 Å². The normalized spacial score (nSPS) is 10.4. The molecule has 2 amide bonds. The van der Waals surface area contributed by atoms with Gasteiger partial charge in [-0.2, -0.15) is 0 Å². The number of nitrogen functional groups attached to an aromatic ring is 1. The Balaban J connectivity index is 1.72. The van der Waals surface area contributed by atoms with E-state index < -0.39 is 11.0 Å². The highest BCUT2D eigenvalue weighted by Gasteiger charge is 2.15. The monoisotopic (exact) mass is 491 g/mol. The van der Waals surface area contributed by atoms with Crippen molar-refractivity contribution in [2.45, 2.75) is 0 Å². The number of amides is 2. The number of benzene rings is 1. The van der Waals surface area contributed by atoms with Gasteiger partial charge in [-0.1, -0.05) is 23.2 Å². The van der Waals surface area contributed by atoms with Crippen LogP contribution in [0.2, 0.25) is 10.0 Å². The third-order valence-corrected chi connectivity index (χ3v) is 4.81. The smallest absolute Gasteiger partial charge is 0.319 e. The van der Waals surface area contributed by atoms with Gasteiger partial charge >= 0.3 is 11.7 Å². The molecule has 1 aromatic carbocycles. The van der Waals surface area contributed by atoms with Gasteiger partial charge in [0.05, 0.1) is 21.8 Å². The number of nitrogens with zero attached hydrogens (tertiary/aromatic N) is 4. The van der Waals surface area contributed by atoms with Gasteiger partial charge in [-0.3, -0.25) is 10.1 Å². The molecule has 0 aliphatic carbocycles. The summed E-state index contributed by atoms with van der Waals surface area (Å²) in [4.78, 5) is 34.7. The maximum Gasteiger partial charge on any atom is 0.319 e. The molecule has 0 radical (unpaired) electrons. The fourth-order valence-corrected chi connectivity index (χ4v) is 3.21. The van der Waals surface area contributed by atoms with E-state index in [1.54, 1.807) is 18.2 Å². The van der Waals surface area contributed by atoms with Crippen LogP contribution in [0.25, 0.3) is 11.3 Å². The van der Waals surface area contributed by atoms with Gasteiger partial charge in [0.1, 0.15) is 11.5 Å². The highest BCUT2D eigenvalue weighted by molar-refractivity contribution is 6.36. The second-order valence-corrected chi connectivity index (χ2v) is 7.34. The van der Waals surface area contributed by atoms with E-state index in [-0.39, 0.29) is 17.5 Å². The number of nitrogens with one attached hydrogen (secondary N) is 4. The van der Waals surface area contributed by atoms with Crippen LogP contribution in [0.5, 0.6) is 0 Å².